The zero-order valence-electron chi connectivity index (χ0n) is 6.51. The molecule has 0 aliphatic heterocycles. The van der Waals surface area contributed by atoms with Crippen molar-refractivity contribution in [1.29, 1.82) is 0 Å². The van der Waals surface area contributed by atoms with Crippen molar-refractivity contribution in [2.24, 2.45) is 0 Å². The van der Waals surface area contributed by atoms with Gasteiger partial charge in [-0.1, -0.05) is 0 Å². The Morgan fingerprint density at radius 1 is 1.42 bits per heavy atom. The van der Waals surface area contributed by atoms with Gasteiger partial charge in [-0.15, -0.1) is 0 Å². The minimum absolute atomic E-state index is 0.0774. The van der Waals surface area contributed by atoms with E-state index >= 15 is 0 Å². The van der Waals surface area contributed by atoms with Gasteiger partial charge in [0.05, 0.1) is 11.9 Å². The van der Waals surface area contributed by atoms with Crippen LogP contribution in [0.5, 0.6) is 0 Å². The van der Waals surface area contributed by atoms with Gasteiger partial charge in [0, 0.05) is 6.42 Å². The van der Waals surface area contributed by atoms with Crippen molar-refractivity contribution in [2.45, 2.75) is 30.8 Å². The van der Waals surface area contributed by atoms with Crippen LogP contribution in [0.3, 0.4) is 0 Å². The molecule has 0 saturated heterocycles. The maximum atomic E-state index is 11.0. The van der Waals surface area contributed by atoms with Gasteiger partial charge in [0.15, 0.2) is 6.29 Å². The molecule has 0 bridgehead atoms. The van der Waals surface area contributed by atoms with Crippen LogP contribution in [0.4, 0.5) is 0 Å². The molecule has 0 aromatic heterocycles. The van der Waals surface area contributed by atoms with Gasteiger partial charge in [0.25, 0.3) is 10.1 Å². The Labute approximate surface area is 71.1 Å². The molecule has 1 aliphatic carbocycles. The first-order chi connectivity index (χ1) is 5.52. The molecule has 0 spiro atoms. The minimum Gasteiger partial charge on any atom is -0.368 e. The van der Waals surface area contributed by atoms with Crippen LogP contribution in [0.2, 0.25) is 0 Å². The van der Waals surface area contributed by atoms with E-state index in [1.54, 1.807) is 0 Å². The normalized spacial score (nSPS) is 18.6. The Morgan fingerprint density at radius 3 is 2.42 bits per heavy atom. The summed E-state index contributed by atoms with van der Waals surface area (Å²) in [4.78, 5) is 0. The highest BCUT2D eigenvalue weighted by atomic mass is 32.2. The average molecular weight is 196 g/mol. The number of aliphatic hydroxyl groups is 2. The fourth-order valence-electron chi connectivity index (χ4n) is 0.723. The average Bonchev–Trinajstić information content (AvgIpc) is 2.65. The van der Waals surface area contributed by atoms with E-state index in [0.29, 0.717) is 12.8 Å². The van der Waals surface area contributed by atoms with Crippen LogP contribution in [0.15, 0.2) is 0 Å². The summed E-state index contributed by atoms with van der Waals surface area (Å²) in [7, 11) is -3.40. The lowest BCUT2D eigenvalue weighted by molar-refractivity contribution is -0.0515. The highest BCUT2D eigenvalue weighted by molar-refractivity contribution is 7.87. The van der Waals surface area contributed by atoms with E-state index < -0.39 is 16.4 Å². The lowest BCUT2D eigenvalue weighted by atomic mass is 10.5. The largest absolute Gasteiger partial charge is 0.368 e. The first-order valence-electron chi connectivity index (χ1n) is 3.77. The Hall–Kier alpha value is -0.170. The van der Waals surface area contributed by atoms with Crippen LogP contribution in [0.1, 0.15) is 19.3 Å². The molecule has 0 atom stereocenters. The Bertz CT molecular complexity index is 228. The summed E-state index contributed by atoms with van der Waals surface area (Å²) in [6, 6.07) is 0. The molecule has 72 valence electrons. The molecule has 0 amide bonds. The predicted octanol–water partition coefficient (Wildman–Crippen LogP) is -0.804. The van der Waals surface area contributed by atoms with E-state index in [2.05, 4.69) is 4.18 Å². The first kappa shape index (κ1) is 9.91. The number of rotatable bonds is 5. The van der Waals surface area contributed by atoms with Crippen LogP contribution in [0, 0.1) is 0 Å². The van der Waals surface area contributed by atoms with Crippen molar-refractivity contribution in [3.8, 4) is 0 Å². The van der Waals surface area contributed by atoms with Crippen LogP contribution in [-0.2, 0) is 14.3 Å². The lowest BCUT2D eigenvalue weighted by Gasteiger charge is -2.04. The van der Waals surface area contributed by atoms with Gasteiger partial charge in [0.2, 0.25) is 0 Å². The molecule has 0 heterocycles. The van der Waals surface area contributed by atoms with E-state index in [9.17, 15) is 8.42 Å². The van der Waals surface area contributed by atoms with E-state index in [1.165, 1.54) is 0 Å². The second-order valence-electron chi connectivity index (χ2n) is 2.78. The third-order valence-corrected chi connectivity index (χ3v) is 3.34. The summed E-state index contributed by atoms with van der Waals surface area (Å²) in [6.45, 7) is -0.156. The molecular formula is C6H12O5S. The number of hydrogen-bond donors (Lipinski definition) is 2. The molecule has 0 radical (unpaired) electrons. The summed E-state index contributed by atoms with van der Waals surface area (Å²) >= 11 is 0. The fourth-order valence-corrected chi connectivity index (χ4v) is 1.96. The highest BCUT2D eigenvalue weighted by Crippen LogP contribution is 2.29. The summed E-state index contributed by atoms with van der Waals surface area (Å²) in [5, 5.41) is 16.4. The van der Waals surface area contributed by atoms with Crippen molar-refractivity contribution in [3.05, 3.63) is 0 Å². The number of aliphatic hydroxyl groups excluding tert-OH is 1. The molecule has 5 nitrogen and oxygen atoms in total. The van der Waals surface area contributed by atoms with Crippen molar-refractivity contribution >= 4 is 10.1 Å². The molecule has 1 saturated carbocycles. The quantitative estimate of drug-likeness (QED) is 0.444. The van der Waals surface area contributed by atoms with Crippen LogP contribution >= 0.6 is 0 Å². The molecule has 6 heteroatoms. The van der Waals surface area contributed by atoms with Gasteiger partial charge in [0.1, 0.15) is 0 Å². The van der Waals surface area contributed by atoms with Crippen molar-refractivity contribution in [2.75, 3.05) is 6.61 Å². The van der Waals surface area contributed by atoms with Gasteiger partial charge in [-0.2, -0.15) is 8.42 Å². The molecule has 1 rings (SSSR count). The summed E-state index contributed by atoms with van der Waals surface area (Å²) < 4.78 is 26.5. The van der Waals surface area contributed by atoms with E-state index in [0.717, 1.165) is 0 Å². The second-order valence-corrected chi connectivity index (χ2v) is 4.67. The third-order valence-electron chi connectivity index (χ3n) is 1.56. The Balaban J connectivity index is 2.21. The summed E-state index contributed by atoms with van der Waals surface area (Å²) in [5.41, 5.74) is 0. The van der Waals surface area contributed by atoms with Gasteiger partial charge in [-0.3, -0.25) is 4.18 Å². The second kappa shape index (κ2) is 3.69. The standard InChI is InChI=1S/C6H12O5S/c7-6(8)3-4-11-12(9,10)5-1-2-5/h5-8H,1-4H2. The van der Waals surface area contributed by atoms with Crippen LogP contribution in [0.25, 0.3) is 0 Å². The fraction of sp³-hybridized carbons (Fsp3) is 1.00. The van der Waals surface area contributed by atoms with Crippen molar-refractivity contribution in [3.63, 3.8) is 0 Å². The summed E-state index contributed by atoms with van der Waals surface area (Å²) in [5.74, 6) is 0. The predicted molar refractivity (Wildman–Crippen MR) is 40.7 cm³/mol. The van der Waals surface area contributed by atoms with Gasteiger partial charge < -0.3 is 10.2 Å². The number of hydrogen-bond acceptors (Lipinski definition) is 5. The monoisotopic (exact) mass is 196 g/mol. The molecular weight excluding hydrogens is 184 g/mol. The molecule has 0 unspecified atom stereocenters. The lowest BCUT2D eigenvalue weighted by Crippen LogP contribution is -2.15. The molecule has 1 fully saturated rings. The molecule has 2 N–H and O–H groups in total. The molecule has 0 aromatic carbocycles. The van der Waals surface area contributed by atoms with E-state index in [-0.39, 0.29) is 18.3 Å². The van der Waals surface area contributed by atoms with Gasteiger partial charge >= 0.3 is 0 Å². The molecule has 0 aromatic rings. The molecule has 12 heavy (non-hydrogen) atoms. The van der Waals surface area contributed by atoms with Crippen molar-refractivity contribution in [1.82, 2.24) is 0 Å². The van der Waals surface area contributed by atoms with Gasteiger partial charge in [-0.25, -0.2) is 0 Å². The van der Waals surface area contributed by atoms with Crippen LogP contribution < -0.4 is 0 Å². The topological polar surface area (TPSA) is 83.8 Å². The van der Waals surface area contributed by atoms with E-state index in [4.69, 9.17) is 10.2 Å². The van der Waals surface area contributed by atoms with Crippen molar-refractivity contribution < 1.29 is 22.8 Å². The molecule has 1 aliphatic rings. The zero-order chi connectivity index (χ0) is 9.19. The maximum Gasteiger partial charge on any atom is 0.270 e. The Morgan fingerprint density at radius 2 is 2.00 bits per heavy atom. The third kappa shape index (κ3) is 3.06. The smallest absolute Gasteiger partial charge is 0.270 e. The SMILES string of the molecule is O=S(=O)(OCCC(O)O)C1CC1. The van der Waals surface area contributed by atoms with E-state index in [1.807, 2.05) is 0 Å². The highest BCUT2D eigenvalue weighted by Gasteiger charge is 2.36. The van der Waals surface area contributed by atoms with Gasteiger partial charge in [-0.05, 0) is 12.8 Å². The maximum absolute atomic E-state index is 11.0. The van der Waals surface area contributed by atoms with Crippen LogP contribution in [-0.4, -0.2) is 36.8 Å². The Kier molecular flexibility index (Phi) is 3.05. The zero-order valence-corrected chi connectivity index (χ0v) is 7.33. The first-order valence-corrected chi connectivity index (χ1v) is 5.24. The summed E-state index contributed by atoms with van der Waals surface area (Å²) in [6.07, 6.45) is -0.264. The minimum atomic E-state index is -3.40.